The molecule has 0 bridgehead atoms. The van der Waals surface area contributed by atoms with Gasteiger partial charge in [-0.25, -0.2) is 0 Å². The van der Waals surface area contributed by atoms with Crippen molar-refractivity contribution < 1.29 is 4.79 Å². The number of halogens is 1. The molecule has 0 atom stereocenters. The van der Waals surface area contributed by atoms with Crippen molar-refractivity contribution >= 4 is 27.5 Å². The van der Waals surface area contributed by atoms with Crippen LogP contribution in [0.25, 0.3) is 0 Å². The Bertz CT molecular complexity index is 298. The summed E-state index contributed by atoms with van der Waals surface area (Å²) < 4.78 is 0.689. The molecule has 0 aliphatic carbocycles. The average molecular weight is 215 g/mol. The van der Waals surface area contributed by atoms with Crippen LogP contribution in [0.2, 0.25) is 0 Å². The van der Waals surface area contributed by atoms with Crippen LogP contribution in [0, 0.1) is 0 Å². The molecule has 1 aromatic carbocycles. The molecule has 0 saturated carbocycles. The Kier molecular flexibility index (Phi) is 2.14. The summed E-state index contributed by atoms with van der Waals surface area (Å²) in [5, 5.41) is 0. The molecule has 1 amide bonds. The van der Waals surface area contributed by atoms with Crippen LogP contribution in [0.1, 0.15) is 10.4 Å². The standard InChI is InChI=1S/C7H7BrN2O/c8-5-3-4(7(10)11)1-2-6(5)9/h1-3H,9H2,(H2,10,11). The van der Waals surface area contributed by atoms with Gasteiger partial charge in [-0.05, 0) is 34.1 Å². The number of benzene rings is 1. The molecule has 58 valence electrons. The predicted molar refractivity (Wildman–Crippen MR) is 47.1 cm³/mol. The van der Waals surface area contributed by atoms with Gasteiger partial charge in [-0.2, -0.15) is 0 Å². The Morgan fingerprint density at radius 1 is 1.45 bits per heavy atom. The molecule has 3 nitrogen and oxygen atoms in total. The Balaban J connectivity index is 3.15. The fraction of sp³-hybridized carbons (Fsp3) is 0. The Labute approximate surface area is 72.5 Å². The minimum absolute atomic E-state index is 0.450. The fourth-order valence-electron chi connectivity index (χ4n) is 0.680. The van der Waals surface area contributed by atoms with Crippen LogP contribution in [0.5, 0.6) is 0 Å². The van der Waals surface area contributed by atoms with Gasteiger partial charge in [0, 0.05) is 15.7 Å². The average Bonchev–Trinajstić information content (AvgIpc) is 1.94. The van der Waals surface area contributed by atoms with Crippen LogP contribution in [-0.4, -0.2) is 5.91 Å². The van der Waals surface area contributed by atoms with Gasteiger partial charge in [-0.3, -0.25) is 4.79 Å². The molecule has 11 heavy (non-hydrogen) atoms. The third-order valence-corrected chi connectivity index (χ3v) is 1.97. The SMILES string of the molecule is NC(=O)c1ccc(N)c(Br)c1. The van der Waals surface area contributed by atoms with Gasteiger partial charge < -0.3 is 11.5 Å². The van der Waals surface area contributed by atoms with Crippen molar-refractivity contribution in [2.24, 2.45) is 5.73 Å². The van der Waals surface area contributed by atoms with E-state index < -0.39 is 5.91 Å². The number of carbonyl (C=O) groups excluding carboxylic acids is 1. The molecule has 4 N–H and O–H groups in total. The van der Waals surface area contributed by atoms with Gasteiger partial charge in [0.05, 0.1) is 0 Å². The second-order valence-corrected chi connectivity index (χ2v) is 2.95. The summed E-state index contributed by atoms with van der Waals surface area (Å²) in [4.78, 5) is 10.6. The third kappa shape index (κ3) is 1.71. The molecular weight excluding hydrogens is 208 g/mol. The van der Waals surface area contributed by atoms with Crippen LogP contribution < -0.4 is 11.5 Å². The van der Waals surface area contributed by atoms with E-state index in [2.05, 4.69) is 15.9 Å². The Morgan fingerprint density at radius 2 is 2.09 bits per heavy atom. The monoisotopic (exact) mass is 214 g/mol. The van der Waals surface area contributed by atoms with E-state index in [-0.39, 0.29) is 0 Å². The van der Waals surface area contributed by atoms with Crippen molar-refractivity contribution in [3.8, 4) is 0 Å². The number of primary amides is 1. The first-order chi connectivity index (χ1) is 5.11. The zero-order valence-electron chi connectivity index (χ0n) is 5.67. The normalized spacial score (nSPS) is 9.55. The lowest BCUT2D eigenvalue weighted by Gasteiger charge is -1.98. The fourth-order valence-corrected chi connectivity index (χ4v) is 1.06. The van der Waals surface area contributed by atoms with Gasteiger partial charge in [0.2, 0.25) is 5.91 Å². The van der Waals surface area contributed by atoms with E-state index in [1.54, 1.807) is 18.2 Å². The number of hydrogen-bond donors (Lipinski definition) is 2. The topological polar surface area (TPSA) is 69.1 Å². The summed E-state index contributed by atoms with van der Waals surface area (Å²) in [5.41, 5.74) is 11.6. The molecule has 0 heterocycles. The molecule has 0 unspecified atom stereocenters. The van der Waals surface area contributed by atoms with E-state index >= 15 is 0 Å². The summed E-state index contributed by atoms with van der Waals surface area (Å²) in [6, 6.07) is 4.81. The summed E-state index contributed by atoms with van der Waals surface area (Å²) in [5.74, 6) is -0.453. The Morgan fingerprint density at radius 3 is 2.55 bits per heavy atom. The predicted octanol–water partition coefficient (Wildman–Crippen LogP) is 1.13. The molecule has 0 aromatic heterocycles. The first-order valence-electron chi connectivity index (χ1n) is 2.96. The van der Waals surface area contributed by atoms with Gasteiger partial charge in [-0.1, -0.05) is 0 Å². The second-order valence-electron chi connectivity index (χ2n) is 2.10. The van der Waals surface area contributed by atoms with Crippen molar-refractivity contribution in [1.82, 2.24) is 0 Å². The highest BCUT2D eigenvalue weighted by Gasteiger charge is 2.01. The molecule has 0 radical (unpaired) electrons. The number of hydrogen-bond acceptors (Lipinski definition) is 2. The molecule has 0 saturated heterocycles. The maximum Gasteiger partial charge on any atom is 0.248 e. The number of nitrogens with two attached hydrogens (primary N) is 2. The minimum atomic E-state index is -0.453. The molecule has 1 aromatic rings. The number of anilines is 1. The second kappa shape index (κ2) is 2.92. The van der Waals surface area contributed by atoms with Gasteiger partial charge in [0.25, 0.3) is 0 Å². The largest absolute Gasteiger partial charge is 0.398 e. The summed E-state index contributed by atoms with van der Waals surface area (Å²) >= 11 is 3.18. The van der Waals surface area contributed by atoms with Crippen LogP contribution >= 0.6 is 15.9 Å². The zero-order valence-corrected chi connectivity index (χ0v) is 7.26. The maximum absolute atomic E-state index is 10.6. The van der Waals surface area contributed by atoms with Crippen LogP contribution in [0.4, 0.5) is 5.69 Å². The highest BCUT2D eigenvalue weighted by Crippen LogP contribution is 2.19. The molecule has 0 aliphatic heterocycles. The molecule has 4 heteroatoms. The van der Waals surface area contributed by atoms with Crippen molar-refractivity contribution in [1.29, 1.82) is 0 Å². The maximum atomic E-state index is 10.6. The van der Waals surface area contributed by atoms with Gasteiger partial charge in [0.15, 0.2) is 0 Å². The van der Waals surface area contributed by atoms with Crippen LogP contribution in [0.3, 0.4) is 0 Å². The minimum Gasteiger partial charge on any atom is -0.398 e. The third-order valence-electron chi connectivity index (χ3n) is 1.28. The van der Waals surface area contributed by atoms with E-state index in [1.807, 2.05) is 0 Å². The summed E-state index contributed by atoms with van der Waals surface area (Å²) in [7, 11) is 0. The van der Waals surface area contributed by atoms with Crippen molar-refractivity contribution in [2.45, 2.75) is 0 Å². The van der Waals surface area contributed by atoms with E-state index in [9.17, 15) is 4.79 Å². The van der Waals surface area contributed by atoms with E-state index in [0.717, 1.165) is 0 Å². The molecule has 0 fully saturated rings. The van der Waals surface area contributed by atoms with Gasteiger partial charge in [0.1, 0.15) is 0 Å². The number of rotatable bonds is 1. The van der Waals surface area contributed by atoms with Crippen molar-refractivity contribution in [3.05, 3.63) is 28.2 Å². The van der Waals surface area contributed by atoms with E-state index in [1.165, 1.54) is 0 Å². The molecule has 1 rings (SSSR count). The number of nitrogen functional groups attached to an aromatic ring is 1. The lowest BCUT2D eigenvalue weighted by molar-refractivity contribution is 0.100. The summed E-state index contributed by atoms with van der Waals surface area (Å²) in [6.07, 6.45) is 0. The van der Waals surface area contributed by atoms with Crippen molar-refractivity contribution in [3.63, 3.8) is 0 Å². The Hall–Kier alpha value is -1.03. The highest BCUT2D eigenvalue weighted by atomic mass is 79.9. The smallest absolute Gasteiger partial charge is 0.248 e. The van der Waals surface area contributed by atoms with Gasteiger partial charge in [-0.15, -0.1) is 0 Å². The highest BCUT2D eigenvalue weighted by molar-refractivity contribution is 9.10. The van der Waals surface area contributed by atoms with Crippen LogP contribution in [-0.2, 0) is 0 Å². The number of carbonyl (C=O) groups is 1. The molecular formula is C7H7BrN2O. The molecule has 0 aliphatic rings. The number of amides is 1. The van der Waals surface area contributed by atoms with E-state index in [4.69, 9.17) is 11.5 Å². The quantitative estimate of drug-likeness (QED) is 0.689. The van der Waals surface area contributed by atoms with Crippen LogP contribution in [0.15, 0.2) is 22.7 Å². The van der Waals surface area contributed by atoms with Gasteiger partial charge >= 0.3 is 0 Å². The van der Waals surface area contributed by atoms with E-state index in [0.29, 0.717) is 15.7 Å². The summed E-state index contributed by atoms with van der Waals surface area (Å²) in [6.45, 7) is 0. The first-order valence-corrected chi connectivity index (χ1v) is 3.75. The lowest BCUT2D eigenvalue weighted by atomic mass is 10.2. The lowest BCUT2D eigenvalue weighted by Crippen LogP contribution is -2.10. The molecule has 0 spiro atoms. The first kappa shape index (κ1) is 8.07. The van der Waals surface area contributed by atoms with Crippen molar-refractivity contribution in [2.75, 3.05) is 5.73 Å². The zero-order chi connectivity index (χ0) is 8.43.